The molecule has 1 N–H and O–H groups in total. The van der Waals surface area contributed by atoms with Gasteiger partial charge in [0, 0.05) is 24.2 Å². The van der Waals surface area contributed by atoms with Gasteiger partial charge in [0.15, 0.2) is 0 Å². The zero-order chi connectivity index (χ0) is 20.4. The second kappa shape index (κ2) is 7.55. The minimum absolute atomic E-state index is 0.00949. The molecular formula is C19H16F2N4O3. The fourth-order valence-corrected chi connectivity index (χ4v) is 2.68. The largest absolute Gasteiger partial charge is 0.352 e. The fourth-order valence-electron chi connectivity index (χ4n) is 2.68. The molecule has 0 bridgehead atoms. The molecule has 0 saturated heterocycles. The van der Waals surface area contributed by atoms with E-state index in [1.54, 1.807) is 18.2 Å². The Labute approximate surface area is 157 Å². The van der Waals surface area contributed by atoms with Crippen LogP contribution in [-0.4, -0.2) is 20.3 Å². The smallest absolute Gasteiger partial charge is 0.326 e. The zero-order valence-electron chi connectivity index (χ0n) is 15.1. The highest BCUT2D eigenvalue weighted by molar-refractivity contribution is 5.88. The van der Waals surface area contributed by atoms with E-state index in [-0.39, 0.29) is 23.7 Å². The molecule has 144 valence electrons. The summed E-state index contributed by atoms with van der Waals surface area (Å²) in [6.45, 7) is 2.39. The maximum Gasteiger partial charge on any atom is 0.352 e. The van der Waals surface area contributed by atoms with Crippen LogP contribution in [0.4, 0.5) is 14.5 Å². The molecule has 1 heterocycles. The molecular weight excluding hydrogens is 370 g/mol. The first-order valence-corrected chi connectivity index (χ1v) is 8.29. The number of hydrogen-bond donors (Lipinski definition) is 1. The van der Waals surface area contributed by atoms with Crippen molar-refractivity contribution < 1.29 is 13.6 Å². The van der Waals surface area contributed by atoms with Crippen LogP contribution >= 0.6 is 0 Å². The lowest BCUT2D eigenvalue weighted by molar-refractivity contribution is -0.114. The Bertz CT molecular complexity index is 1180. The third kappa shape index (κ3) is 3.88. The van der Waals surface area contributed by atoms with Crippen LogP contribution in [0.1, 0.15) is 18.2 Å². The Balaban J connectivity index is 2.12. The van der Waals surface area contributed by atoms with Crippen molar-refractivity contribution in [1.29, 1.82) is 0 Å². The van der Waals surface area contributed by atoms with Gasteiger partial charge in [-0.1, -0.05) is 12.1 Å². The normalized spacial score (nSPS) is 10.7. The number of rotatable bonds is 4. The van der Waals surface area contributed by atoms with Crippen molar-refractivity contribution in [2.75, 3.05) is 5.32 Å². The molecule has 0 saturated carbocycles. The number of benzene rings is 2. The number of amides is 1. The van der Waals surface area contributed by atoms with Crippen molar-refractivity contribution in [3.8, 4) is 5.69 Å². The lowest BCUT2D eigenvalue weighted by Crippen LogP contribution is -2.42. The summed E-state index contributed by atoms with van der Waals surface area (Å²) < 4.78 is 28.9. The van der Waals surface area contributed by atoms with Crippen molar-refractivity contribution in [3.05, 3.63) is 86.2 Å². The summed E-state index contributed by atoms with van der Waals surface area (Å²) in [7, 11) is 0. The predicted octanol–water partition coefficient (Wildman–Crippen LogP) is 1.99. The molecule has 0 aliphatic rings. The molecule has 1 amide bonds. The highest BCUT2D eigenvalue weighted by Gasteiger charge is 2.15. The second-order valence-electron chi connectivity index (χ2n) is 6.14. The van der Waals surface area contributed by atoms with Gasteiger partial charge < -0.3 is 5.32 Å². The van der Waals surface area contributed by atoms with Crippen molar-refractivity contribution in [3.63, 3.8) is 0 Å². The molecule has 0 atom stereocenters. The molecule has 0 spiro atoms. The Morgan fingerprint density at radius 1 is 1.14 bits per heavy atom. The highest BCUT2D eigenvalue weighted by atomic mass is 19.1. The Kier molecular flexibility index (Phi) is 5.16. The number of nitrogens with one attached hydrogen (secondary N) is 1. The van der Waals surface area contributed by atoms with Gasteiger partial charge in [-0.25, -0.2) is 13.6 Å². The first kappa shape index (κ1) is 19.2. The van der Waals surface area contributed by atoms with Crippen molar-refractivity contribution >= 4 is 11.6 Å². The molecule has 0 aliphatic heterocycles. The van der Waals surface area contributed by atoms with Crippen molar-refractivity contribution in [1.82, 2.24) is 14.3 Å². The van der Waals surface area contributed by atoms with E-state index < -0.39 is 22.9 Å². The van der Waals surface area contributed by atoms with E-state index in [1.165, 1.54) is 26.0 Å². The molecule has 7 nitrogen and oxygen atoms in total. The van der Waals surface area contributed by atoms with Gasteiger partial charge in [-0.05, 0) is 31.2 Å². The summed E-state index contributed by atoms with van der Waals surface area (Å²) in [5, 5.41) is 6.60. The summed E-state index contributed by atoms with van der Waals surface area (Å²) in [5.74, 6) is -1.91. The average Bonchev–Trinajstić information content (AvgIpc) is 2.63. The minimum Gasteiger partial charge on any atom is -0.326 e. The summed E-state index contributed by atoms with van der Waals surface area (Å²) in [6.07, 6.45) is 0. The number of hydrogen-bond acceptors (Lipinski definition) is 4. The number of anilines is 1. The molecule has 0 unspecified atom stereocenters. The van der Waals surface area contributed by atoms with E-state index in [2.05, 4.69) is 10.4 Å². The molecule has 0 fully saturated rings. The summed E-state index contributed by atoms with van der Waals surface area (Å²) in [4.78, 5) is 36.5. The summed E-state index contributed by atoms with van der Waals surface area (Å²) >= 11 is 0. The maximum absolute atomic E-state index is 14.0. The van der Waals surface area contributed by atoms with E-state index in [9.17, 15) is 23.2 Å². The lowest BCUT2D eigenvalue weighted by atomic mass is 10.2. The van der Waals surface area contributed by atoms with Gasteiger partial charge in [-0.15, -0.1) is 0 Å². The molecule has 0 radical (unpaired) electrons. The number of carbonyl (C=O) groups excluding carboxylic acids is 1. The monoisotopic (exact) mass is 386 g/mol. The van der Waals surface area contributed by atoms with E-state index in [1.807, 2.05) is 0 Å². The molecule has 0 aliphatic carbocycles. The number of nitrogens with zero attached hydrogens (tertiary/aromatic N) is 3. The minimum atomic E-state index is -0.861. The first-order chi connectivity index (χ1) is 13.3. The summed E-state index contributed by atoms with van der Waals surface area (Å²) in [5.41, 5.74) is -0.703. The van der Waals surface area contributed by atoms with Gasteiger partial charge in [0.25, 0.3) is 5.56 Å². The van der Waals surface area contributed by atoms with Gasteiger partial charge in [0.2, 0.25) is 5.91 Å². The Hall–Kier alpha value is -3.62. The lowest BCUT2D eigenvalue weighted by Gasteiger charge is -2.12. The molecule has 3 aromatic rings. The van der Waals surface area contributed by atoms with Crippen LogP contribution in [0.2, 0.25) is 0 Å². The average molecular weight is 386 g/mol. The van der Waals surface area contributed by atoms with Crippen LogP contribution in [0.25, 0.3) is 5.69 Å². The van der Waals surface area contributed by atoms with E-state index in [0.717, 1.165) is 15.3 Å². The maximum atomic E-state index is 14.0. The van der Waals surface area contributed by atoms with Crippen LogP contribution in [0.3, 0.4) is 0 Å². The molecule has 9 heteroatoms. The quantitative estimate of drug-likeness (QED) is 0.743. The van der Waals surface area contributed by atoms with Crippen LogP contribution < -0.4 is 16.6 Å². The topological polar surface area (TPSA) is 86.0 Å². The number of halogens is 2. The van der Waals surface area contributed by atoms with Gasteiger partial charge in [-0.3, -0.25) is 14.2 Å². The molecule has 28 heavy (non-hydrogen) atoms. The van der Waals surface area contributed by atoms with Crippen molar-refractivity contribution in [2.45, 2.75) is 20.4 Å². The first-order valence-electron chi connectivity index (χ1n) is 8.29. The SMILES string of the molecule is CC(=O)Nc1cccc(-n2nc(C)c(=O)n(Cc3ccc(F)cc3F)c2=O)c1. The van der Waals surface area contributed by atoms with Gasteiger partial charge in [0.1, 0.15) is 17.3 Å². The van der Waals surface area contributed by atoms with Crippen molar-refractivity contribution in [2.24, 2.45) is 0 Å². The van der Waals surface area contributed by atoms with Gasteiger partial charge >= 0.3 is 5.69 Å². The Morgan fingerprint density at radius 2 is 1.89 bits per heavy atom. The number of carbonyl (C=O) groups is 1. The van der Waals surface area contributed by atoms with E-state index in [0.29, 0.717) is 17.4 Å². The van der Waals surface area contributed by atoms with Crippen LogP contribution in [0.15, 0.2) is 52.1 Å². The summed E-state index contributed by atoms with van der Waals surface area (Å²) in [6, 6.07) is 9.24. The number of aryl methyl sites for hydroxylation is 1. The standard InChI is InChI=1S/C19H16F2N4O3/c1-11-18(27)24(10-13-6-7-14(20)8-17(13)21)19(28)25(23-11)16-5-3-4-15(9-16)22-12(2)26/h3-9H,10H2,1-2H3,(H,22,26). The van der Waals surface area contributed by atoms with Gasteiger partial charge in [0.05, 0.1) is 12.2 Å². The molecule has 1 aromatic heterocycles. The molecule has 2 aromatic carbocycles. The van der Waals surface area contributed by atoms with E-state index in [4.69, 9.17) is 0 Å². The van der Waals surface area contributed by atoms with Gasteiger partial charge in [-0.2, -0.15) is 9.78 Å². The fraction of sp³-hybridized carbons (Fsp3) is 0.158. The van der Waals surface area contributed by atoms with Crippen LogP contribution in [-0.2, 0) is 11.3 Å². The molecule has 3 rings (SSSR count). The van der Waals surface area contributed by atoms with E-state index >= 15 is 0 Å². The highest BCUT2D eigenvalue weighted by Crippen LogP contribution is 2.13. The second-order valence-corrected chi connectivity index (χ2v) is 6.14. The third-order valence-corrected chi connectivity index (χ3v) is 3.97. The number of aromatic nitrogens is 3. The third-order valence-electron chi connectivity index (χ3n) is 3.97. The zero-order valence-corrected chi connectivity index (χ0v) is 15.1. The predicted molar refractivity (Wildman–Crippen MR) is 98.6 cm³/mol. The van der Waals surface area contributed by atoms with Crippen LogP contribution in [0, 0.1) is 18.6 Å². The van der Waals surface area contributed by atoms with Crippen LogP contribution in [0.5, 0.6) is 0 Å². The Morgan fingerprint density at radius 3 is 2.57 bits per heavy atom.